The van der Waals surface area contributed by atoms with Gasteiger partial charge in [-0.05, 0) is 24.7 Å². The SMILES string of the molecule is CC(C)(C)C(N)CC(=O)N(CCO)C1CCC1. The van der Waals surface area contributed by atoms with Crippen molar-refractivity contribution in [3.8, 4) is 0 Å². The Morgan fingerprint density at radius 3 is 2.41 bits per heavy atom. The molecule has 4 heteroatoms. The minimum absolute atomic E-state index is 0.0347. The number of amides is 1. The molecule has 1 rings (SSSR count). The molecule has 0 aromatic heterocycles. The van der Waals surface area contributed by atoms with Gasteiger partial charge >= 0.3 is 0 Å². The molecular formula is C13H26N2O2. The molecule has 100 valence electrons. The highest BCUT2D eigenvalue weighted by Crippen LogP contribution is 2.27. The maximum atomic E-state index is 12.2. The predicted octanol–water partition coefficient (Wildman–Crippen LogP) is 1.12. The van der Waals surface area contributed by atoms with Crippen molar-refractivity contribution in [1.29, 1.82) is 0 Å². The van der Waals surface area contributed by atoms with Gasteiger partial charge in [-0.15, -0.1) is 0 Å². The smallest absolute Gasteiger partial charge is 0.224 e. The molecule has 1 aliphatic rings. The number of rotatable bonds is 5. The first kappa shape index (κ1) is 14.5. The van der Waals surface area contributed by atoms with Crippen LogP contribution >= 0.6 is 0 Å². The van der Waals surface area contributed by atoms with E-state index in [1.54, 1.807) is 0 Å². The van der Waals surface area contributed by atoms with Crippen LogP contribution in [-0.2, 0) is 4.79 Å². The minimum atomic E-state index is -0.128. The summed E-state index contributed by atoms with van der Waals surface area (Å²) in [5, 5.41) is 9.02. The number of aliphatic hydroxyl groups excluding tert-OH is 1. The fraction of sp³-hybridized carbons (Fsp3) is 0.923. The Kier molecular flexibility index (Phi) is 4.95. The summed E-state index contributed by atoms with van der Waals surface area (Å²) in [7, 11) is 0. The molecule has 1 fully saturated rings. The molecule has 0 heterocycles. The lowest BCUT2D eigenvalue weighted by molar-refractivity contribution is -0.136. The van der Waals surface area contributed by atoms with E-state index in [1.165, 1.54) is 6.42 Å². The molecule has 0 spiro atoms. The standard InChI is InChI=1S/C13H26N2O2/c1-13(2,3)11(14)9-12(17)15(7-8-16)10-5-4-6-10/h10-11,16H,4-9,14H2,1-3H3. The van der Waals surface area contributed by atoms with E-state index in [4.69, 9.17) is 10.8 Å². The van der Waals surface area contributed by atoms with E-state index in [0.29, 0.717) is 19.0 Å². The number of nitrogens with two attached hydrogens (primary N) is 1. The lowest BCUT2D eigenvalue weighted by Gasteiger charge is -2.38. The third kappa shape index (κ3) is 3.96. The summed E-state index contributed by atoms with van der Waals surface area (Å²) in [5.74, 6) is 0.0891. The first-order chi connectivity index (χ1) is 7.86. The van der Waals surface area contributed by atoms with Gasteiger partial charge in [0.05, 0.1) is 6.61 Å². The summed E-state index contributed by atoms with van der Waals surface area (Å²) < 4.78 is 0. The molecule has 1 amide bonds. The summed E-state index contributed by atoms with van der Waals surface area (Å²) in [6, 6.07) is 0.207. The summed E-state index contributed by atoms with van der Waals surface area (Å²) in [6.45, 7) is 6.62. The molecule has 0 aromatic carbocycles. The van der Waals surface area contributed by atoms with E-state index in [1.807, 2.05) is 25.7 Å². The normalized spacial score (nSPS) is 18.6. The Labute approximate surface area is 104 Å². The van der Waals surface area contributed by atoms with Gasteiger partial charge in [-0.1, -0.05) is 20.8 Å². The van der Waals surface area contributed by atoms with Crippen molar-refractivity contribution < 1.29 is 9.90 Å². The van der Waals surface area contributed by atoms with Crippen LogP contribution in [0.25, 0.3) is 0 Å². The Balaban J connectivity index is 2.53. The summed E-state index contributed by atoms with van der Waals surface area (Å²) in [5.41, 5.74) is 5.98. The molecular weight excluding hydrogens is 216 g/mol. The fourth-order valence-corrected chi connectivity index (χ4v) is 1.93. The molecule has 0 saturated heterocycles. The third-order valence-corrected chi connectivity index (χ3v) is 3.68. The zero-order chi connectivity index (χ0) is 13.1. The lowest BCUT2D eigenvalue weighted by Crippen LogP contribution is -2.48. The van der Waals surface area contributed by atoms with E-state index in [-0.39, 0.29) is 24.0 Å². The Morgan fingerprint density at radius 1 is 1.47 bits per heavy atom. The van der Waals surface area contributed by atoms with Crippen molar-refractivity contribution in [2.45, 2.75) is 58.5 Å². The topological polar surface area (TPSA) is 66.6 Å². The van der Waals surface area contributed by atoms with Gasteiger partial charge in [-0.2, -0.15) is 0 Å². The first-order valence-corrected chi connectivity index (χ1v) is 6.52. The van der Waals surface area contributed by atoms with Crippen LogP contribution in [0.2, 0.25) is 0 Å². The number of nitrogens with zero attached hydrogens (tertiary/aromatic N) is 1. The highest BCUT2D eigenvalue weighted by atomic mass is 16.3. The molecule has 3 N–H and O–H groups in total. The van der Waals surface area contributed by atoms with E-state index < -0.39 is 0 Å². The van der Waals surface area contributed by atoms with E-state index >= 15 is 0 Å². The molecule has 17 heavy (non-hydrogen) atoms. The van der Waals surface area contributed by atoms with Crippen molar-refractivity contribution in [2.24, 2.45) is 11.1 Å². The van der Waals surface area contributed by atoms with Crippen LogP contribution in [0.15, 0.2) is 0 Å². The summed E-state index contributed by atoms with van der Waals surface area (Å²) >= 11 is 0. The zero-order valence-corrected chi connectivity index (χ0v) is 11.3. The van der Waals surface area contributed by atoms with Crippen LogP contribution in [-0.4, -0.2) is 41.1 Å². The van der Waals surface area contributed by atoms with Gasteiger partial charge < -0.3 is 15.7 Å². The highest BCUT2D eigenvalue weighted by molar-refractivity contribution is 5.77. The Morgan fingerprint density at radius 2 is 2.06 bits per heavy atom. The Hall–Kier alpha value is -0.610. The average molecular weight is 242 g/mol. The number of aliphatic hydroxyl groups is 1. The number of carbonyl (C=O) groups excluding carboxylic acids is 1. The van der Waals surface area contributed by atoms with Crippen molar-refractivity contribution in [2.75, 3.05) is 13.2 Å². The number of carbonyl (C=O) groups is 1. The number of hydrogen-bond acceptors (Lipinski definition) is 3. The van der Waals surface area contributed by atoms with E-state index in [9.17, 15) is 4.79 Å². The third-order valence-electron chi connectivity index (χ3n) is 3.68. The summed E-state index contributed by atoms with van der Waals surface area (Å²) in [4.78, 5) is 14.0. The van der Waals surface area contributed by atoms with Crippen LogP contribution in [0.3, 0.4) is 0 Å². The largest absolute Gasteiger partial charge is 0.395 e. The molecule has 4 nitrogen and oxygen atoms in total. The second-order valence-corrected chi connectivity index (χ2v) is 6.07. The second-order valence-electron chi connectivity index (χ2n) is 6.07. The van der Waals surface area contributed by atoms with Crippen LogP contribution in [0.5, 0.6) is 0 Å². The lowest BCUT2D eigenvalue weighted by atomic mass is 9.84. The van der Waals surface area contributed by atoms with Gasteiger partial charge in [-0.3, -0.25) is 4.79 Å². The molecule has 0 aromatic rings. The van der Waals surface area contributed by atoms with Crippen LogP contribution in [0.1, 0.15) is 46.5 Å². The van der Waals surface area contributed by atoms with Crippen LogP contribution in [0, 0.1) is 5.41 Å². The van der Waals surface area contributed by atoms with Gasteiger partial charge in [0.1, 0.15) is 0 Å². The van der Waals surface area contributed by atoms with Crippen molar-refractivity contribution >= 4 is 5.91 Å². The maximum absolute atomic E-state index is 12.2. The molecule has 1 unspecified atom stereocenters. The van der Waals surface area contributed by atoms with Gasteiger partial charge in [0.15, 0.2) is 0 Å². The average Bonchev–Trinajstić information content (AvgIpc) is 2.12. The van der Waals surface area contributed by atoms with Crippen LogP contribution in [0.4, 0.5) is 0 Å². The second kappa shape index (κ2) is 5.83. The quantitative estimate of drug-likeness (QED) is 0.759. The van der Waals surface area contributed by atoms with Gasteiger partial charge in [0.25, 0.3) is 0 Å². The minimum Gasteiger partial charge on any atom is -0.395 e. The first-order valence-electron chi connectivity index (χ1n) is 6.52. The fourth-order valence-electron chi connectivity index (χ4n) is 1.93. The number of hydrogen-bond donors (Lipinski definition) is 2. The molecule has 1 aliphatic carbocycles. The highest BCUT2D eigenvalue weighted by Gasteiger charge is 2.31. The molecule has 1 saturated carbocycles. The molecule has 0 aliphatic heterocycles. The summed E-state index contributed by atoms with van der Waals surface area (Å²) in [6.07, 6.45) is 3.69. The van der Waals surface area contributed by atoms with Crippen LogP contribution < -0.4 is 5.73 Å². The van der Waals surface area contributed by atoms with E-state index in [2.05, 4.69) is 0 Å². The van der Waals surface area contributed by atoms with Gasteiger partial charge in [-0.25, -0.2) is 0 Å². The molecule has 0 bridgehead atoms. The molecule has 1 atom stereocenters. The van der Waals surface area contributed by atoms with E-state index in [0.717, 1.165) is 12.8 Å². The van der Waals surface area contributed by atoms with Gasteiger partial charge in [0, 0.05) is 25.0 Å². The maximum Gasteiger partial charge on any atom is 0.224 e. The van der Waals surface area contributed by atoms with Crippen molar-refractivity contribution in [3.05, 3.63) is 0 Å². The molecule has 0 radical (unpaired) electrons. The predicted molar refractivity (Wildman–Crippen MR) is 68.5 cm³/mol. The van der Waals surface area contributed by atoms with Gasteiger partial charge in [0.2, 0.25) is 5.91 Å². The Bertz CT molecular complexity index is 257. The van der Waals surface area contributed by atoms with Crippen molar-refractivity contribution in [3.63, 3.8) is 0 Å². The zero-order valence-electron chi connectivity index (χ0n) is 11.3. The van der Waals surface area contributed by atoms with Crippen molar-refractivity contribution in [1.82, 2.24) is 4.90 Å². The monoisotopic (exact) mass is 242 g/mol.